The molecule has 2 amide bonds. The van der Waals surface area contributed by atoms with Crippen LogP contribution >= 0.6 is 34.8 Å². The molecule has 7 nitrogen and oxygen atoms in total. The predicted octanol–water partition coefficient (Wildman–Crippen LogP) is 7.71. The molecule has 0 bridgehead atoms. The average Bonchev–Trinajstić information content (AvgIpc) is 3.05. The van der Waals surface area contributed by atoms with E-state index in [9.17, 15) is 18.0 Å². The Bertz CT molecular complexity index is 1770. The zero-order valence-electron chi connectivity index (χ0n) is 25.8. The van der Waals surface area contributed by atoms with Gasteiger partial charge in [0.2, 0.25) is 11.8 Å². The van der Waals surface area contributed by atoms with Crippen LogP contribution in [0.4, 0.5) is 5.69 Å². The first-order valence-electron chi connectivity index (χ1n) is 14.8. The minimum absolute atomic E-state index is 0.00544. The second kappa shape index (κ2) is 15.8. The Balaban J connectivity index is 1.83. The summed E-state index contributed by atoms with van der Waals surface area (Å²) in [5.74, 6) is -0.954. The van der Waals surface area contributed by atoms with Crippen molar-refractivity contribution in [3.63, 3.8) is 0 Å². The standard InChI is InChI=1S/C35H36Cl3N3O4S/c1-4-25(3)39-35(43)33(20-26-11-7-5-8-12-26)40(22-27-16-18-30(36)32(38)19-27)34(42)23-41(28-17-15-24(2)31(37)21-28)46(44,45)29-13-9-6-10-14-29/h5-19,21,25,33H,4,20,22-23H2,1-3H3,(H,39,43)/t25-,33-/m1/s1. The second-order valence-corrected chi connectivity index (χ2v) is 14.1. The van der Waals surface area contributed by atoms with E-state index in [4.69, 9.17) is 34.8 Å². The smallest absolute Gasteiger partial charge is 0.264 e. The number of benzene rings is 4. The molecular weight excluding hydrogens is 665 g/mol. The molecule has 0 aromatic heterocycles. The van der Waals surface area contributed by atoms with Crippen molar-refractivity contribution in [2.75, 3.05) is 10.8 Å². The molecule has 0 aliphatic rings. The molecule has 242 valence electrons. The van der Waals surface area contributed by atoms with Gasteiger partial charge in [0, 0.05) is 24.0 Å². The van der Waals surface area contributed by atoms with Crippen LogP contribution in [-0.4, -0.2) is 43.8 Å². The van der Waals surface area contributed by atoms with E-state index >= 15 is 0 Å². The molecule has 0 aliphatic heterocycles. The van der Waals surface area contributed by atoms with Crippen molar-refractivity contribution in [3.05, 3.63) is 129 Å². The van der Waals surface area contributed by atoms with E-state index in [1.165, 1.54) is 23.1 Å². The summed E-state index contributed by atoms with van der Waals surface area (Å²) in [5.41, 5.74) is 2.41. The van der Waals surface area contributed by atoms with Crippen molar-refractivity contribution < 1.29 is 18.0 Å². The topological polar surface area (TPSA) is 86.8 Å². The quantitative estimate of drug-likeness (QED) is 0.155. The molecule has 46 heavy (non-hydrogen) atoms. The fraction of sp³-hybridized carbons (Fsp3) is 0.257. The van der Waals surface area contributed by atoms with E-state index in [1.54, 1.807) is 55.5 Å². The molecule has 0 spiro atoms. The number of nitrogens with zero attached hydrogens (tertiary/aromatic N) is 2. The zero-order valence-corrected chi connectivity index (χ0v) is 28.9. The summed E-state index contributed by atoms with van der Waals surface area (Å²) >= 11 is 19.0. The maximum Gasteiger partial charge on any atom is 0.264 e. The monoisotopic (exact) mass is 699 g/mol. The minimum Gasteiger partial charge on any atom is -0.352 e. The Morgan fingerprint density at radius 1 is 0.804 bits per heavy atom. The van der Waals surface area contributed by atoms with Gasteiger partial charge in [-0.1, -0.05) is 102 Å². The van der Waals surface area contributed by atoms with Gasteiger partial charge in [-0.25, -0.2) is 8.42 Å². The van der Waals surface area contributed by atoms with Crippen LogP contribution < -0.4 is 9.62 Å². The normalized spacial score (nSPS) is 12.7. The highest BCUT2D eigenvalue weighted by Gasteiger charge is 2.35. The maximum absolute atomic E-state index is 14.6. The fourth-order valence-electron chi connectivity index (χ4n) is 4.82. The fourth-order valence-corrected chi connectivity index (χ4v) is 6.74. The Labute approximate surface area is 286 Å². The third kappa shape index (κ3) is 8.82. The second-order valence-electron chi connectivity index (χ2n) is 11.1. The van der Waals surface area contributed by atoms with Crippen LogP contribution in [0.15, 0.2) is 102 Å². The summed E-state index contributed by atoms with van der Waals surface area (Å²) in [5, 5.41) is 4.00. The zero-order chi connectivity index (χ0) is 33.4. The third-order valence-corrected chi connectivity index (χ3v) is 10.6. The van der Waals surface area contributed by atoms with Crippen LogP contribution in [0, 0.1) is 6.92 Å². The number of sulfonamides is 1. The molecule has 0 aliphatic carbocycles. The molecule has 0 saturated carbocycles. The highest BCUT2D eigenvalue weighted by molar-refractivity contribution is 7.92. The summed E-state index contributed by atoms with van der Waals surface area (Å²) < 4.78 is 29.2. The van der Waals surface area contributed by atoms with Gasteiger partial charge in [-0.05, 0) is 73.4 Å². The molecule has 0 fully saturated rings. The maximum atomic E-state index is 14.6. The van der Waals surface area contributed by atoms with Gasteiger partial charge >= 0.3 is 0 Å². The molecule has 4 rings (SSSR count). The first kappa shape index (κ1) is 35.3. The Hall–Kier alpha value is -3.56. The lowest BCUT2D eigenvalue weighted by atomic mass is 10.0. The lowest BCUT2D eigenvalue weighted by Crippen LogP contribution is -2.54. The Morgan fingerprint density at radius 3 is 2.07 bits per heavy atom. The van der Waals surface area contributed by atoms with E-state index < -0.39 is 28.5 Å². The van der Waals surface area contributed by atoms with E-state index in [0.717, 1.165) is 15.4 Å². The molecule has 0 heterocycles. The third-order valence-electron chi connectivity index (χ3n) is 7.66. The molecular formula is C35H36Cl3N3O4S. The molecule has 1 N–H and O–H groups in total. The Morgan fingerprint density at radius 2 is 1.46 bits per heavy atom. The van der Waals surface area contributed by atoms with Gasteiger partial charge in [-0.2, -0.15) is 0 Å². The highest BCUT2D eigenvalue weighted by Crippen LogP contribution is 2.29. The minimum atomic E-state index is -4.24. The highest BCUT2D eigenvalue weighted by atomic mass is 35.5. The number of nitrogens with one attached hydrogen (secondary N) is 1. The number of carbonyl (C=O) groups is 2. The number of halogens is 3. The van der Waals surface area contributed by atoms with Crippen LogP contribution in [0.3, 0.4) is 0 Å². The van der Waals surface area contributed by atoms with Crippen LogP contribution in [0.5, 0.6) is 0 Å². The number of hydrogen-bond donors (Lipinski definition) is 1. The number of rotatable bonds is 13. The van der Waals surface area contributed by atoms with Crippen molar-refractivity contribution in [2.45, 2.75) is 57.1 Å². The first-order valence-corrected chi connectivity index (χ1v) is 17.4. The molecule has 4 aromatic carbocycles. The van der Waals surface area contributed by atoms with Gasteiger partial charge in [-0.15, -0.1) is 0 Å². The van der Waals surface area contributed by atoms with E-state index in [1.807, 2.05) is 44.2 Å². The summed E-state index contributed by atoms with van der Waals surface area (Å²) in [6.07, 6.45) is 0.875. The van der Waals surface area contributed by atoms with Crippen molar-refractivity contribution >= 4 is 62.3 Å². The molecule has 0 unspecified atom stereocenters. The summed E-state index contributed by atoms with van der Waals surface area (Å²) in [4.78, 5) is 29.9. The number of anilines is 1. The summed E-state index contributed by atoms with van der Waals surface area (Å²) in [7, 11) is -4.24. The number of hydrogen-bond acceptors (Lipinski definition) is 4. The molecule has 0 radical (unpaired) electrons. The van der Waals surface area contributed by atoms with Gasteiger partial charge < -0.3 is 10.2 Å². The van der Waals surface area contributed by atoms with Crippen LogP contribution in [0.1, 0.15) is 37.0 Å². The molecule has 11 heteroatoms. The summed E-state index contributed by atoms with van der Waals surface area (Å²) in [6, 6.07) is 25.9. The number of aryl methyl sites for hydroxylation is 1. The molecule has 2 atom stereocenters. The van der Waals surface area contributed by atoms with E-state index in [2.05, 4.69) is 5.32 Å². The van der Waals surface area contributed by atoms with Crippen LogP contribution in [0.2, 0.25) is 15.1 Å². The van der Waals surface area contributed by atoms with Gasteiger partial charge in [-0.3, -0.25) is 13.9 Å². The largest absolute Gasteiger partial charge is 0.352 e. The SMILES string of the molecule is CC[C@@H](C)NC(=O)[C@@H](Cc1ccccc1)N(Cc1ccc(Cl)c(Cl)c1)C(=O)CN(c1ccc(C)c(Cl)c1)S(=O)(=O)c1ccccc1. The first-order chi connectivity index (χ1) is 21.9. The number of amides is 2. The van der Waals surface area contributed by atoms with E-state index in [0.29, 0.717) is 22.0 Å². The van der Waals surface area contributed by atoms with Gasteiger partial charge in [0.05, 0.1) is 20.6 Å². The average molecular weight is 701 g/mol. The van der Waals surface area contributed by atoms with Crippen LogP contribution in [-0.2, 0) is 32.6 Å². The lowest BCUT2D eigenvalue weighted by molar-refractivity contribution is -0.140. The predicted molar refractivity (Wildman–Crippen MR) is 186 cm³/mol. The van der Waals surface area contributed by atoms with Gasteiger partial charge in [0.1, 0.15) is 12.6 Å². The van der Waals surface area contributed by atoms with Gasteiger partial charge in [0.25, 0.3) is 10.0 Å². The van der Waals surface area contributed by atoms with E-state index in [-0.39, 0.29) is 40.5 Å². The molecule has 0 saturated heterocycles. The van der Waals surface area contributed by atoms with Crippen molar-refractivity contribution in [1.82, 2.24) is 10.2 Å². The Kier molecular flexibility index (Phi) is 12.1. The van der Waals surface area contributed by atoms with Crippen molar-refractivity contribution in [2.24, 2.45) is 0 Å². The van der Waals surface area contributed by atoms with Gasteiger partial charge in [0.15, 0.2) is 0 Å². The van der Waals surface area contributed by atoms with Crippen molar-refractivity contribution in [3.8, 4) is 0 Å². The van der Waals surface area contributed by atoms with Crippen molar-refractivity contribution in [1.29, 1.82) is 0 Å². The number of carbonyl (C=O) groups excluding carboxylic acids is 2. The molecule has 4 aromatic rings. The van der Waals surface area contributed by atoms with Crippen LogP contribution in [0.25, 0.3) is 0 Å². The lowest BCUT2D eigenvalue weighted by Gasteiger charge is -2.34. The summed E-state index contributed by atoms with van der Waals surface area (Å²) in [6.45, 7) is 5.01.